The number of hydrogen-bond donors (Lipinski definition) is 0. The van der Waals surface area contributed by atoms with Gasteiger partial charge in [0.2, 0.25) is 5.91 Å². The van der Waals surface area contributed by atoms with Crippen molar-refractivity contribution in [3.63, 3.8) is 0 Å². The van der Waals surface area contributed by atoms with E-state index >= 15 is 0 Å². The number of hydrogen-bond acceptors (Lipinski definition) is 3. The zero-order valence-electron chi connectivity index (χ0n) is 15.4. The van der Waals surface area contributed by atoms with E-state index in [9.17, 15) is 4.79 Å². The molecule has 1 aromatic carbocycles. The van der Waals surface area contributed by atoms with E-state index in [4.69, 9.17) is 9.47 Å². The van der Waals surface area contributed by atoms with Crippen molar-refractivity contribution in [3.05, 3.63) is 47.8 Å². The van der Waals surface area contributed by atoms with Gasteiger partial charge in [-0.25, -0.2) is 0 Å². The summed E-state index contributed by atoms with van der Waals surface area (Å²) < 4.78 is 13.0. The maximum atomic E-state index is 12.9. The Hall–Kier alpha value is -2.43. The number of amides is 1. The largest absolute Gasteiger partial charge is 0.493 e. The van der Waals surface area contributed by atoms with Crippen molar-refractivity contribution in [1.82, 2.24) is 9.47 Å². The lowest BCUT2D eigenvalue weighted by Crippen LogP contribution is -2.42. The molecular weight excluding hydrogens is 316 g/mol. The molecule has 0 spiro atoms. The topological polar surface area (TPSA) is 43.7 Å². The number of nitrogens with zero attached hydrogens (tertiary/aromatic N) is 2. The molecule has 134 valence electrons. The molecule has 0 aliphatic carbocycles. The van der Waals surface area contributed by atoms with Crippen LogP contribution in [-0.4, -0.2) is 36.1 Å². The molecule has 3 rings (SSSR count). The van der Waals surface area contributed by atoms with Crippen LogP contribution in [0.3, 0.4) is 0 Å². The molecule has 0 saturated heterocycles. The van der Waals surface area contributed by atoms with Crippen molar-refractivity contribution in [1.29, 1.82) is 0 Å². The predicted octanol–water partition coefficient (Wildman–Crippen LogP) is 3.48. The van der Waals surface area contributed by atoms with E-state index in [-0.39, 0.29) is 11.9 Å². The summed E-state index contributed by atoms with van der Waals surface area (Å²) >= 11 is 0. The molecule has 1 atom stereocenters. The second-order valence-electron chi connectivity index (χ2n) is 6.83. The standard InChI is InChI=1S/C20H26N2O3/c1-14(2)12-19(23)22-11-10-21-9-5-6-16(21)20(22)15-7-8-17(24-3)18(13-15)25-4/h5-9,13-14,20H,10-12H2,1-4H3. The minimum atomic E-state index is -0.102. The van der Waals surface area contributed by atoms with Crippen LogP contribution in [0.2, 0.25) is 0 Å². The van der Waals surface area contributed by atoms with Gasteiger partial charge in [-0.05, 0) is 35.7 Å². The summed E-state index contributed by atoms with van der Waals surface area (Å²) in [6.07, 6.45) is 2.64. The molecule has 1 unspecified atom stereocenters. The average Bonchev–Trinajstić information content (AvgIpc) is 3.08. The molecule has 1 amide bonds. The molecule has 1 aliphatic rings. The van der Waals surface area contributed by atoms with Crippen molar-refractivity contribution in [2.75, 3.05) is 20.8 Å². The third-order valence-electron chi connectivity index (χ3n) is 4.66. The first-order valence-corrected chi connectivity index (χ1v) is 8.71. The molecule has 5 heteroatoms. The van der Waals surface area contributed by atoms with E-state index in [0.29, 0.717) is 30.4 Å². The zero-order valence-corrected chi connectivity index (χ0v) is 15.4. The number of aromatic nitrogens is 1. The Morgan fingerprint density at radius 2 is 1.92 bits per heavy atom. The van der Waals surface area contributed by atoms with Crippen molar-refractivity contribution >= 4 is 5.91 Å². The number of carbonyl (C=O) groups is 1. The average molecular weight is 342 g/mol. The number of carbonyl (C=O) groups excluding carboxylic acids is 1. The second kappa shape index (κ2) is 7.21. The number of fused-ring (bicyclic) bond motifs is 1. The quantitative estimate of drug-likeness (QED) is 0.835. The van der Waals surface area contributed by atoms with Gasteiger partial charge in [-0.3, -0.25) is 4.79 Å². The van der Waals surface area contributed by atoms with Crippen LogP contribution < -0.4 is 9.47 Å². The second-order valence-corrected chi connectivity index (χ2v) is 6.83. The van der Waals surface area contributed by atoms with E-state index in [1.54, 1.807) is 14.2 Å². The van der Waals surface area contributed by atoms with Crippen LogP contribution in [0.1, 0.15) is 37.6 Å². The number of methoxy groups -OCH3 is 2. The highest BCUT2D eigenvalue weighted by Gasteiger charge is 2.32. The Balaban J connectivity index is 2.03. The molecule has 25 heavy (non-hydrogen) atoms. The third-order valence-corrected chi connectivity index (χ3v) is 4.66. The lowest BCUT2D eigenvalue weighted by Gasteiger charge is -2.38. The first kappa shape index (κ1) is 17.4. The van der Waals surface area contributed by atoms with Gasteiger partial charge in [0, 0.05) is 31.4 Å². The minimum Gasteiger partial charge on any atom is -0.493 e. The van der Waals surface area contributed by atoms with Gasteiger partial charge in [0.25, 0.3) is 0 Å². The highest BCUT2D eigenvalue weighted by atomic mass is 16.5. The van der Waals surface area contributed by atoms with E-state index in [0.717, 1.165) is 17.8 Å². The lowest BCUT2D eigenvalue weighted by atomic mass is 9.98. The number of ether oxygens (including phenoxy) is 2. The summed E-state index contributed by atoms with van der Waals surface area (Å²) in [7, 11) is 3.26. The Labute approximate surface area is 149 Å². The van der Waals surface area contributed by atoms with E-state index < -0.39 is 0 Å². The molecule has 5 nitrogen and oxygen atoms in total. The fourth-order valence-electron chi connectivity index (χ4n) is 3.49. The van der Waals surface area contributed by atoms with Gasteiger partial charge in [-0.2, -0.15) is 0 Å². The third kappa shape index (κ3) is 3.36. The summed E-state index contributed by atoms with van der Waals surface area (Å²) in [6, 6.07) is 9.93. The van der Waals surface area contributed by atoms with Crippen LogP contribution in [-0.2, 0) is 11.3 Å². The van der Waals surface area contributed by atoms with Crippen LogP contribution in [0.25, 0.3) is 0 Å². The predicted molar refractivity (Wildman–Crippen MR) is 97.0 cm³/mol. The molecule has 1 aromatic heterocycles. The summed E-state index contributed by atoms with van der Waals surface area (Å²) in [5, 5.41) is 0. The molecule has 1 aliphatic heterocycles. The van der Waals surface area contributed by atoms with Crippen LogP contribution in [0, 0.1) is 5.92 Å². The summed E-state index contributed by atoms with van der Waals surface area (Å²) in [5.41, 5.74) is 2.17. The molecule has 0 bridgehead atoms. The van der Waals surface area contributed by atoms with E-state index in [1.165, 1.54) is 0 Å². The molecule has 2 aromatic rings. The molecule has 0 radical (unpaired) electrons. The van der Waals surface area contributed by atoms with Crippen molar-refractivity contribution in [2.24, 2.45) is 5.92 Å². The van der Waals surface area contributed by atoms with Crippen LogP contribution in [0.15, 0.2) is 36.5 Å². The Morgan fingerprint density at radius 1 is 1.16 bits per heavy atom. The van der Waals surface area contributed by atoms with Crippen molar-refractivity contribution in [3.8, 4) is 11.5 Å². The summed E-state index contributed by atoms with van der Waals surface area (Å²) in [6.45, 7) is 5.70. The first-order chi connectivity index (χ1) is 12.0. The Kier molecular flexibility index (Phi) is 5.02. The Bertz CT molecular complexity index is 751. The minimum absolute atomic E-state index is 0.102. The zero-order chi connectivity index (χ0) is 18.0. The fourth-order valence-corrected chi connectivity index (χ4v) is 3.49. The van der Waals surface area contributed by atoms with Gasteiger partial charge >= 0.3 is 0 Å². The first-order valence-electron chi connectivity index (χ1n) is 8.71. The summed E-state index contributed by atoms with van der Waals surface area (Å²) in [4.78, 5) is 14.9. The van der Waals surface area contributed by atoms with Gasteiger partial charge in [0.1, 0.15) is 0 Å². The van der Waals surface area contributed by atoms with Crippen LogP contribution >= 0.6 is 0 Å². The van der Waals surface area contributed by atoms with Crippen LogP contribution in [0.4, 0.5) is 0 Å². The molecule has 2 heterocycles. The van der Waals surface area contributed by atoms with Gasteiger partial charge in [0.05, 0.1) is 20.3 Å². The smallest absolute Gasteiger partial charge is 0.223 e. The van der Waals surface area contributed by atoms with Gasteiger partial charge in [0.15, 0.2) is 11.5 Å². The maximum absolute atomic E-state index is 12.9. The van der Waals surface area contributed by atoms with Gasteiger partial charge in [-0.15, -0.1) is 0 Å². The SMILES string of the molecule is COc1ccc(C2c3cccn3CCN2C(=O)CC(C)C)cc1OC. The Morgan fingerprint density at radius 3 is 2.60 bits per heavy atom. The molecule has 0 fully saturated rings. The van der Waals surface area contributed by atoms with Gasteiger partial charge < -0.3 is 18.9 Å². The summed E-state index contributed by atoms with van der Waals surface area (Å²) in [5.74, 6) is 1.91. The molecular formula is C20H26N2O3. The molecule has 0 saturated carbocycles. The van der Waals surface area contributed by atoms with Gasteiger partial charge in [-0.1, -0.05) is 19.9 Å². The van der Waals surface area contributed by atoms with Crippen LogP contribution in [0.5, 0.6) is 11.5 Å². The van der Waals surface area contributed by atoms with E-state index in [2.05, 4.69) is 30.7 Å². The normalized spacial score (nSPS) is 16.7. The van der Waals surface area contributed by atoms with Crippen molar-refractivity contribution < 1.29 is 14.3 Å². The maximum Gasteiger partial charge on any atom is 0.223 e. The monoisotopic (exact) mass is 342 g/mol. The fraction of sp³-hybridized carbons (Fsp3) is 0.450. The highest BCUT2D eigenvalue weighted by molar-refractivity contribution is 5.77. The molecule has 0 N–H and O–H groups in total. The van der Waals surface area contributed by atoms with Crippen molar-refractivity contribution in [2.45, 2.75) is 32.9 Å². The number of benzene rings is 1. The van der Waals surface area contributed by atoms with E-state index in [1.807, 2.05) is 29.2 Å². The highest BCUT2D eigenvalue weighted by Crippen LogP contribution is 2.37. The lowest BCUT2D eigenvalue weighted by molar-refractivity contribution is -0.134. The number of rotatable bonds is 5.